The van der Waals surface area contributed by atoms with Crippen LogP contribution in [0.5, 0.6) is 0 Å². The van der Waals surface area contributed by atoms with Crippen molar-refractivity contribution in [3.05, 3.63) is 69.8 Å². The highest BCUT2D eigenvalue weighted by Crippen LogP contribution is 2.08. The van der Waals surface area contributed by atoms with Crippen molar-refractivity contribution in [1.82, 2.24) is 0 Å². The van der Waals surface area contributed by atoms with Crippen molar-refractivity contribution in [2.75, 3.05) is 26.2 Å². The molecule has 28 heavy (non-hydrogen) atoms. The van der Waals surface area contributed by atoms with E-state index < -0.39 is 0 Å². The van der Waals surface area contributed by atoms with Crippen LogP contribution in [0.1, 0.15) is 46.2 Å². The summed E-state index contributed by atoms with van der Waals surface area (Å²) in [6, 6.07) is 12.8. The van der Waals surface area contributed by atoms with Gasteiger partial charge in [-0.15, -0.1) is 0 Å². The van der Waals surface area contributed by atoms with E-state index in [9.17, 15) is 0 Å². The molecule has 4 bridgehead atoms. The molecule has 144 valence electrons. The molecule has 0 spiro atoms. The van der Waals surface area contributed by atoms with E-state index in [1.807, 2.05) is 24.9 Å². The van der Waals surface area contributed by atoms with Gasteiger partial charge in [0.15, 0.2) is 0 Å². The Kier molecular flexibility index (Phi) is 7.42. The van der Waals surface area contributed by atoms with Gasteiger partial charge in [-0.1, -0.05) is 24.3 Å². The summed E-state index contributed by atoms with van der Waals surface area (Å²) in [6.07, 6.45) is 9.68. The number of benzene rings is 2. The molecule has 2 aromatic rings. The molecule has 0 saturated carbocycles. The van der Waals surface area contributed by atoms with Gasteiger partial charge in [-0.2, -0.15) is 0 Å². The lowest BCUT2D eigenvalue weighted by atomic mass is 10.1. The van der Waals surface area contributed by atoms with Gasteiger partial charge in [0.1, 0.15) is 0 Å². The standard InChI is InChI=1S/C24H28N4/c1-19-9-21-13-22(10-19)16-26-6-4-8-28-18-24-12-20(2)11-23(14-24)17-27-7-3-5-25-15-21/h9-18H,3-8H2,1-2H3. The van der Waals surface area contributed by atoms with Crippen molar-refractivity contribution in [1.29, 1.82) is 0 Å². The zero-order chi connectivity index (χ0) is 19.6. The van der Waals surface area contributed by atoms with Crippen LogP contribution in [-0.4, -0.2) is 51.0 Å². The molecule has 1 aliphatic heterocycles. The average Bonchev–Trinajstić information content (AvgIpc) is 2.65. The molecule has 2 aromatic carbocycles. The Morgan fingerprint density at radius 2 is 0.750 bits per heavy atom. The number of aryl methyl sites for hydroxylation is 2. The molecule has 3 rings (SSSR count). The summed E-state index contributed by atoms with van der Waals surface area (Å²) in [7, 11) is 0. The Labute approximate surface area is 167 Å². The Morgan fingerprint density at radius 1 is 0.464 bits per heavy atom. The first-order valence-corrected chi connectivity index (χ1v) is 9.92. The molecule has 1 heterocycles. The number of nitrogens with zero attached hydrogens (tertiary/aromatic N) is 4. The van der Waals surface area contributed by atoms with Crippen molar-refractivity contribution in [2.45, 2.75) is 26.7 Å². The average molecular weight is 373 g/mol. The fraction of sp³-hybridized carbons (Fsp3) is 0.333. The Morgan fingerprint density at radius 3 is 1.04 bits per heavy atom. The van der Waals surface area contributed by atoms with E-state index in [0.717, 1.165) is 61.3 Å². The predicted octanol–water partition coefficient (Wildman–Crippen LogP) is 4.47. The lowest BCUT2D eigenvalue weighted by Crippen LogP contribution is -1.94. The molecule has 0 saturated heterocycles. The fourth-order valence-electron chi connectivity index (χ4n) is 3.17. The number of hydrogen-bond acceptors (Lipinski definition) is 4. The summed E-state index contributed by atoms with van der Waals surface area (Å²) < 4.78 is 0. The minimum atomic E-state index is 0.778. The van der Waals surface area contributed by atoms with E-state index in [1.54, 1.807) is 0 Å². The first-order valence-electron chi connectivity index (χ1n) is 9.92. The summed E-state index contributed by atoms with van der Waals surface area (Å²) in [5.41, 5.74) is 6.93. The van der Waals surface area contributed by atoms with Gasteiger partial charge < -0.3 is 0 Å². The third-order valence-electron chi connectivity index (χ3n) is 4.35. The lowest BCUT2D eigenvalue weighted by Gasteiger charge is -2.02. The zero-order valence-electron chi connectivity index (χ0n) is 16.8. The molecule has 0 atom stereocenters. The maximum absolute atomic E-state index is 4.55. The van der Waals surface area contributed by atoms with Crippen LogP contribution in [-0.2, 0) is 0 Å². The molecule has 1 aliphatic rings. The minimum absolute atomic E-state index is 0.778. The van der Waals surface area contributed by atoms with Gasteiger partial charge in [0.2, 0.25) is 0 Å². The van der Waals surface area contributed by atoms with Crippen LogP contribution < -0.4 is 0 Å². The van der Waals surface area contributed by atoms with Crippen molar-refractivity contribution in [3.63, 3.8) is 0 Å². The fourth-order valence-corrected chi connectivity index (χ4v) is 3.17. The third kappa shape index (κ3) is 6.69. The molecule has 0 unspecified atom stereocenters. The maximum Gasteiger partial charge on any atom is 0.0407 e. The topological polar surface area (TPSA) is 49.4 Å². The van der Waals surface area contributed by atoms with Gasteiger partial charge in [0.25, 0.3) is 0 Å². The van der Waals surface area contributed by atoms with Crippen LogP contribution >= 0.6 is 0 Å². The zero-order valence-corrected chi connectivity index (χ0v) is 16.8. The largest absolute Gasteiger partial charge is 0.292 e. The monoisotopic (exact) mass is 372 g/mol. The highest BCUT2D eigenvalue weighted by molar-refractivity contribution is 5.87. The van der Waals surface area contributed by atoms with E-state index in [-0.39, 0.29) is 0 Å². The molecular weight excluding hydrogens is 344 g/mol. The van der Waals surface area contributed by atoms with E-state index >= 15 is 0 Å². The molecule has 4 nitrogen and oxygen atoms in total. The van der Waals surface area contributed by atoms with Crippen LogP contribution in [0, 0.1) is 13.8 Å². The second kappa shape index (κ2) is 10.5. The second-order valence-corrected chi connectivity index (χ2v) is 7.20. The van der Waals surface area contributed by atoms with Gasteiger partial charge in [-0.05, 0) is 72.2 Å². The van der Waals surface area contributed by atoms with Gasteiger partial charge >= 0.3 is 0 Å². The first kappa shape index (κ1) is 19.9. The Bertz CT molecular complexity index is 767. The molecule has 0 radical (unpaired) electrons. The van der Waals surface area contributed by atoms with Crippen LogP contribution in [0.15, 0.2) is 56.4 Å². The van der Waals surface area contributed by atoms with Gasteiger partial charge in [-0.25, -0.2) is 0 Å². The summed E-state index contributed by atoms with van der Waals surface area (Å²) in [5.74, 6) is 0. The highest BCUT2D eigenvalue weighted by Gasteiger charge is 1.97. The van der Waals surface area contributed by atoms with E-state index in [2.05, 4.69) is 70.2 Å². The number of rotatable bonds is 0. The smallest absolute Gasteiger partial charge is 0.0407 e. The molecule has 0 aromatic heterocycles. The third-order valence-corrected chi connectivity index (χ3v) is 4.35. The predicted molar refractivity (Wildman–Crippen MR) is 121 cm³/mol. The number of fused-ring (bicyclic) bond motifs is 4. The van der Waals surface area contributed by atoms with Crippen LogP contribution in [0.3, 0.4) is 0 Å². The van der Waals surface area contributed by atoms with Crippen LogP contribution in [0.2, 0.25) is 0 Å². The van der Waals surface area contributed by atoms with Crippen molar-refractivity contribution in [3.8, 4) is 0 Å². The normalized spacial score (nSPS) is 15.5. The van der Waals surface area contributed by atoms with Crippen molar-refractivity contribution in [2.24, 2.45) is 20.0 Å². The maximum atomic E-state index is 4.55. The van der Waals surface area contributed by atoms with Crippen molar-refractivity contribution >= 4 is 24.9 Å². The quantitative estimate of drug-likeness (QED) is 0.655. The van der Waals surface area contributed by atoms with Crippen molar-refractivity contribution < 1.29 is 0 Å². The molecule has 0 fully saturated rings. The SMILES string of the molecule is Cc1cc2cc(c1)C=NCCCN=Cc1cc(C)cc(c1)C=NCCCN=C2. The highest BCUT2D eigenvalue weighted by atomic mass is 14.7. The molecule has 0 amide bonds. The minimum Gasteiger partial charge on any atom is -0.292 e. The molecular formula is C24H28N4. The lowest BCUT2D eigenvalue weighted by molar-refractivity contribution is 0.850. The molecule has 4 heteroatoms. The summed E-state index contributed by atoms with van der Waals surface area (Å²) in [5, 5.41) is 0. The summed E-state index contributed by atoms with van der Waals surface area (Å²) >= 11 is 0. The van der Waals surface area contributed by atoms with Gasteiger partial charge in [-0.3, -0.25) is 20.0 Å². The first-order chi connectivity index (χ1) is 13.7. The van der Waals surface area contributed by atoms with Gasteiger partial charge in [0.05, 0.1) is 0 Å². The van der Waals surface area contributed by atoms with E-state index in [0.29, 0.717) is 0 Å². The van der Waals surface area contributed by atoms with Gasteiger partial charge in [0, 0.05) is 51.0 Å². The Hall–Kier alpha value is -2.88. The van der Waals surface area contributed by atoms with E-state index in [1.165, 1.54) is 11.1 Å². The van der Waals surface area contributed by atoms with Crippen LogP contribution in [0.25, 0.3) is 0 Å². The van der Waals surface area contributed by atoms with E-state index in [4.69, 9.17) is 0 Å². The number of hydrogen-bond donors (Lipinski definition) is 0. The Balaban J connectivity index is 1.75. The second-order valence-electron chi connectivity index (χ2n) is 7.20. The molecule has 0 N–H and O–H groups in total. The summed E-state index contributed by atoms with van der Waals surface area (Å²) in [6.45, 7) is 7.32. The molecule has 0 aliphatic carbocycles. The number of aliphatic imine (C=N–C) groups is 4. The van der Waals surface area contributed by atoms with Crippen LogP contribution in [0.4, 0.5) is 0 Å². The summed E-state index contributed by atoms with van der Waals surface area (Å²) in [4.78, 5) is 18.2.